The number of carbonyl (C=O) groups is 2. The van der Waals surface area contributed by atoms with Crippen molar-refractivity contribution in [3.63, 3.8) is 0 Å². The number of imidazole rings is 1. The fourth-order valence-electron chi connectivity index (χ4n) is 2.74. The number of para-hydroxylation sites is 1. The molecule has 0 aliphatic carbocycles. The summed E-state index contributed by atoms with van der Waals surface area (Å²) < 4.78 is 7.05. The van der Waals surface area contributed by atoms with Gasteiger partial charge in [-0.05, 0) is 44.2 Å². The number of rotatable bonds is 7. The fraction of sp³-hybridized carbons (Fsp3) is 0.250. The molecule has 6 nitrogen and oxygen atoms in total. The number of nitrogens with zero attached hydrogens (tertiary/aromatic N) is 2. The number of esters is 1. The summed E-state index contributed by atoms with van der Waals surface area (Å²) in [6.07, 6.45) is 0. The molecule has 0 unspecified atom stereocenters. The predicted octanol–water partition coefficient (Wildman–Crippen LogP) is 4.62. The minimum Gasteiger partial charge on any atom is -0.462 e. The Labute approximate surface area is 172 Å². The van der Waals surface area contributed by atoms with Crippen molar-refractivity contribution >= 4 is 52.0 Å². The Balaban J connectivity index is 1.76. The molecular weight excluding hydrogens is 398 g/mol. The van der Waals surface area contributed by atoms with Crippen molar-refractivity contribution in [2.75, 3.05) is 17.7 Å². The molecule has 0 atom stereocenters. The number of nitrogens with one attached hydrogen (secondary N) is 1. The number of aromatic nitrogens is 2. The van der Waals surface area contributed by atoms with Crippen LogP contribution in [0.2, 0.25) is 5.02 Å². The maximum Gasteiger partial charge on any atom is 0.338 e. The molecule has 1 N–H and O–H groups in total. The number of carbonyl (C=O) groups excluding carboxylic acids is 2. The first kappa shape index (κ1) is 20.2. The van der Waals surface area contributed by atoms with E-state index >= 15 is 0 Å². The van der Waals surface area contributed by atoms with Crippen LogP contribution in [0.3, 0.4) is 0 Å². The number of ether oxygens (including phenoxy) is 1. The summed E-state index contributed by atoms with van der Waals surface area (Å²) in [6, 6.07) is 12.4. The van der Waals surface area contributed by atoms with Gasteiger partial charge in [-0.15, -0.1) is 0 Å². The standard InChI is InChI=1S/C20H20ClN3O3S/c1-3-24-17-10-9-13(19(26)27-4-2)11-16(17)23-20(24)28-12-18(25)22-15-8-6-5-7-14(15)21/h5-11H,3-4,12H2,1-2H3,(H,22,25). The van der Waals surface area contributed by atoms with Crippen LogP contribution in [0.1, 0.15) is 24.2 Å². The lowest BCUT2D eigenvalue weighted by Crippen LogP contribution is -2.14. The van der Waals surface area contributed by atoms with Crippen molar-refractivity contribution in [3.8, 4) is 0 Å². The van der Waals surface area contributed by atoms with Gasteiger partial charge in [0.1, 0.15) is 0 Å². The third kappa shape index (κ3) is 4.48. The molecule has 3 rings (SSSR count). The van der Waals surface area contributed by atoms with Gasteiger partial charge in [-0.25, -0.2) is 9.78 Å². The van der Waals surface area contributed by atoms with Gasteiger partial charge < -0.3 is 14.6 Å². The van der Waals surface area contributed by atoms with Gasteiger partial charge >= 0.3 is 5.97 Å². The summed E-state index contributed by atoms with van der Waals surface area (Å²) in [5.74, 6) is -0.344. The maximum absolute atomic E-state index is 12.3. The number of hydrogen-bond acceptors (Lipinski definition) is 5. The van der Waals surface area contributed by atoms with Gasteiger partial charge in [0.05, 0.1) is 39.7 Å². The number of fused-ring (bicyclic) bond motifs is 1. The minimum absolute atomic E-state index is 0.167. The van der Waals surface area contributed by atoms with Crippen LogP contribution in [-0.2, 0) is 16.1 Å². The molecule has 0 aliphatic rings. The van der Waals surface area contributed by atoms with Gasteiger partial charge in [-0.1, -0.05) is 35.5 Å². The summed E-state index contributed by atoms with van der Waals surface area (Å²) in [7, 11) is 0. The highest BCUT2D eigenvalue weighted by Gasteiger charge is 2.15. The van der Waals surface area contributed by atoms with Gasteiger partial charge in [0.25, 0.3) is 0 Å². The summed E-state index contributed by atoms with van der Waals surface area (Å²) in [5, 5.41) is 4.01. The van der Waals surface area contributed by atoms with Crippen molar-refractivity contribution in [2.24, 2.45) is 0 Å². The van der Waals surface area contributed by atoms with Crippen LogP contribution < -0.4 is 5.32 Å². The lowest BCUT2D eigenvalue weighted by Gasteiger charge is -2.08. The SMILES string of the molecule is CCOC(=O)c1ccc2c(c1)nc(SCC(=O)Nc1ccccc1Cl)n2CC. The third-order valence-corrected chi connectivity index (χ3v) is 5.33. The van der Waals surface area contributed by atoms with E-state index in [1.807, 2.05) is 23.6 Å². The van der Waals surface area contributed by atoms with Crippen LogP contribution in [0.15, 0.2) is 47.6 Å². The second kappa shape index (κ2) is 9.12. The largest absolute Gasteiger partial charge is 0.462 e. The van der Waals surface area contributed by atoms with Crippen molar-refractivity contribution in [2.45, 2.75) is 25.5 Å². The van der Waals surface area contributed by atoms with E-state index in [0.717, 1.165) is 5.52 Å². The molecule has 3 aromatic rings. The molecule has 8 heteroatoms. The number of anilines is 1. The lowest BCUT2D eigenvalue weighted by atomic mass is 10.2. The molecule has 0 aliphatic heterocycles. The monoisotopic (exact) mass is 417 g/mol. The van der Waals surface area contributed by atoms with Gasteiger partial charge in [0.2, 0.25) is 5.91 Å². The second-order valence-electron chi connectivity index (χ2n) is 5.88. The molecule has 0 saturated carbocycles. The van der Waals surface area contributed by atoms with Crippen LogP contribution in [0.25, 0.3) is 11.0 Å². The first-order valence-corrected chi connectivity index (χ1v) is 10.2. The van der Waals surface area contributed by atoms with E-state index in [0.29, 0.717) is 40.1 Å². The van der Waals surface area contributed by atoms with Crippen LogP contribution in [0.4, 0.5) is 5.69 Å². The summed E-state index contributed by atoms with van der Waals surface area (Å²) >= 11 is 7.41. The van der Waals surface area contributed by atoms with Crippen molar-refractivity contribution in [1.29, 1.82) is 0 Å². The van der Waals surface area contributed by atoms with E-state index in [1.54, 1.807) is 37.3 Å². The first-order valence-electron chi connectivity index (χ1n) is 8.88. The summed E-state index contributed by atoms with van der Waals surface area (Å²) in [4.78, 5) is 28.8. The maximum atomic E-state index is 12.3. The highest BCUT2D eigenvalue weighted by Crippen LogP contribution is 2.26. The van der Waals surface area contributed by atoms with Crippen molar-refractivity contribution in [1.82, 2.24) is 9.55 Å². The zero-order chi connectivity index (χ0) is 20.1. The van der Waals surface area contributed by atoms with Gasteiger partial charge in [-0.3, -0.25) is 4.79 Å². The zero-order valence-electron chi connectivity index (χ0n) is 15.6. The quantitative estimate of drug-likeness (QED) is 0.448. The van der Waals surface area contributed by atoms with Crippen LogP contribution >= 0.6 is 23.4 Å². The topological polar surface area (TPSA) is 73.2 Å². The highest BCUT2D eigenvalue weighted by molar-refractivity contribution is 7.99. The van der Waals surface area contributed by atoms with Gasteiger partial charge in [-0.2, -0.15) is 0 Å². The van der Waals surface area contributed by atoms with Crippen LogP contribution in [0, 0.1) is 0 Å². The number of amides is 1. The smallest absolute Gasteiger partial charge is 0.338 e. The number of benzene rings is 2. The summed E-state index contributed by atoms with van der Waals surface area (Å²) in [5.41, 5.74) is 2.65. The molecular formula is C20H20ClN3O3S. The number of aryl methyl sites for hydroxylation is 1. The predicted molar refractivity (Wildman–Crippen MR) is 112 cm³/mol. The third-order valence-electron chi connectivity index (χ3n) is 4.02. The Bertz CT molecular complexity index is 1020. The Kier molecular flexibility index (Phi) is 6.59. The molecule has 0 radical (unpaired) electrons. The second-order valence-corrected chi connectivity index (χ2v) is 7.23. The molecule has 0 bridgehead atoms. The molecule has 0 fully saturated rings. The average molecular weight is 418 g/mol. The molecule has 0 saturated heterocycles. The molecule has 0 spiro atoms. The molecule has 2 aromatic carbocycles. The van der Waals surface area contributed by atoms with Crippen molar-refractivity contribution < 1.29 is 14.3 Å². The Morgan fingerprint density at radius 2 is 2.00 bits per heavy atom. The fourth-order valence-corrected chi connectivity index (χ4v) is 3.81. The van der Waals surface area contributed by atoms with E-state index in [2.05, 4.69) is 10.3 Å². The first-order chi connectivity index (χ1) is 13.5. The zero-order valence-corrected chi connectivity index (χ0v) is 17.1. The highest BCUT2D eigenvalue weighted by atomic mass is 35.5. The molecule has 146 valence electrons. The van der Waals surface area contributed by atoms with E-state index in [4.69, 9.17) is 16.3 Å². The molecule has 1 aromatic heterocycles. The van der Waals surface area contributed by atoms with E-state index in [1.165, 1.54) is 11.8 Å². The van der Waals surface area contributed by atoms with Gasteiger partial charge in [0, 0.05) is 6.54 Å². The number of halogens is 1. The Hall–Kier alpha value is -2.51. The average Bonchev–Trinajstić information content (AvgIpc) is 3.05. The number of hydrogen-bond donors (Lipinski definition) is 1. The van der Waals surface area contributed by atoms with Gasteiger partial charge in [0.15, 0.2) is 5.16 Å². The minimum atomic E-state index is -0.372. The molecule has 1 amide bonds. The normalized spacial score (nSPS) is 10.8. The number of thioether (sulfide) groups is 1. The molecule has 28 heavy (non-hydrogen) atoms. The lowest BCUT2D eigenvalue weighted by molar-refractivity contribution is -0.113. The van der Waals surface area contributed by atoms with Crippen LogP contribution in [-0.4, -0.2) is 33.8 Å². The van der Waals surface area contributed by atoms with E-state index in [-0.39, 0.29) is 17.6 Å². The van der Waals surface area contributed by atoms with E-state index < -0.39 is 0 Å². The Morgan fingerprint density at radius 3 is 2.71 bits per heavy atom. The van der Waals surface area contributed by atoms with Crippen molar-refractivity contribution in [3.05, 3.63) is 53.1 Å². The summed E-state index contributed by atoms with van der Waals surface area (Å²) in [6.45, 7) is 4.80. The Morgan fingerprint density at radius 1 is 1.21 bits per heavy atom. The molecule has 1 heterocycles. The van der Waals surface area contributed by atoms with Crippen LogP contribution in [0.5, 0.6) is 0 Å². The van der Waals surface area contributed by atoms with E-state index in [9.17, 15) is 9.59 Å².